The number of piperidine rings is 1. The van der Waals surface area contributed by atoms with Gasteiger partial charge in [0.25, 0.3) is 0 Å². The van der Waals surface area contributed by atoms with E-state index in [2.05, 4.69) is 12.2 Å². The van der Waals surface area contributed by atoms with Crippen LogP contribution < -0.4 is 10.1 Å². The minimum Gasteiger partial charge on any atom is -0.497 e. The van der Waals surface area contributed by atoms with Crippen molar-refractivity contribution in [3.05, 3.63) is 24.3 Å². The Morgan fingerprint density at radius 2 is 1.80 bits per heavy atom. The quantitative estimate of drug-likeness (QED) is 0.820. The Bertz CT molecular complexity index is 559. The van der Waals surface area contributed by atoms with Crippen molar-refractivity contribution in [1.29, 1.82) is 0 Å². The maximum Gasteiger partial charge on any atom is 0.321 e. The number of nitrogens with one attached hydrogen (secondary N) is 1. The summed E-state index contributed by atoms with van der Waals surface area (Å²) in [5.74, 6) is 3.43. The molecule has 1 aliphatic heterocycles. The highest BCUT2D eigenvalue weighted by atomic mass is 16.5. The summed E-state index contributed by atoms with van der Waals surface area (Å²) >= 11 is 0. The molecule has 1 aromatic carbocycles. The monoisotopic (exact) mass is 344 g/mol. The summed E-state index contributed by atoms with van der Waals surface area (Å²) in [5, 5.41) is 2.99. The van der Waals surface area contributed by atoms with E-state index in [-0.39, 0.29) is 6.03 Å². The second-order valence-corrected chi connectivity index (χ2v) is 7.95. The first-order valence-corrected chi connectivity index (χ1v) is 9.84. The van der Waals surface area contributed by atoms with Crippen LogP contribution >= 0.6 is 0 Å². The maximum absolute atomic E-state index is 12.5. The number of nitrogens with zero attached hydrogens (tertiary/aromatic N) is 1. The Morgan fingerprint density at radius 3 is 2.48 bits per heavy atom. The molecule has 0 unspecified atom stereocenters. The van der Waals surface area contributed by atoms with Gasteiger partial charge in [0.1, 0.15) is 5.75 Å². The van der Waals surface area contributed by atoms with Crippen molar-refractivity contribution < 1.29 is 9.53 Å². The highest BCUT2D eigenvalue weighted by Crippen LogP contribution is 2.35. The third-order valence-corrected chi connectivity index (χ3v) is 6.02. The number of methoxy groups -OCH3 is 1. The highest BCUT2D eigenvalue weighted by molar-refractivity contribution is 5.89. The summed E-state index contributed by atoms with van der Waals surface area (Å²) < 4.78 is 5.21. The van der Waals surface area contributed by atoms with Gasteiger partial charge < -0.3 is 15.0 Å². The van der Waals surface area contributed by atoms with Crippen molar-refractivity contribution >= 4 is 11.7 Å². The van der Waals surface area contributed by atoms with Crippen LogP contribution in [0.15, 0.2) is 24.3 Å². The second-order valence-electron chi connectivity index (χ2n) is 7.95. The average Bonchev–Trinajstić information content (AvgIpc) is 2.64. The van der Waals surface area contributed by atoms with Gasteiger partial charge in [0.15, 0.2) is 0 Å². The van der Waals surface area contributed by atoms with Crippen LogP contribution in [0.1, 0.15) is 51.9 Å². The summed E-state index contributed by atoms with van der Waals surface area (Å²) in [5.41, 5.74) is 0.794. The number of hydrogen-bond acceptors (Lipinski definition) is 2. The fraction of sp³-hybridized carbons (Fsp3) is 0.667. The molecular formula is C21H32N2O2. The topological polar surface area (TPSA) is 41.6 Å². The minimum atomic E-state index is 0.0122. The molecule has 0 aromatic heterocycles. The first-order valence-electron chi connectivity index (χ1n) is 9.84. The van der Waals surface area contributed by atoms with Gasteiger partial charge >= 0.3 is 6.03 Å². The fourth-order valence-corrected chi connectivity index (χ4v) is 4.31. The van der Waals surface area contributed by atoms with E-state index in [4.69, 9.17) is 4.74 Å². The highest BCUT2D eigenvalue weighted by Gasteiger charge is 2.26. The molecule has 0 bridgehead atoms. The number of amides is 2. The number of carbonyl (C=O) groups is 1. The number of anilines is 1. The van der Waals surface area contributed by atoms with Crippen molar-refractivity contribution in [3.8, 4) is 5.75 Å². The molecular weight excluding hydrogens is 312 g/mol. The van der Waals surface area contributed by atoms with E-state index in [1.807, 2.05) is 29.2 Å². The number of carbonyl (C=O) groups excluding carboxylic acids is 1. The molecule has 1 saturated carbocycles. The Balaban J connectivity index is 1.43. The van der Waals surface area contributed by atoms with Gasteiger partial charge in [0, 0.05) is 24.8 Å². The van der Waals surface area contributed by atoms with Crippen LogP contribution in [0, 0.1) is 17.8 Å². The Hall–Kier alpha value is -1.71. The van der Waals surface area contributed by atoms with Gasteiger partial charge in [0.2, 0.25) is 0 Å². The lowest BCUT2D eigenvalue weighted by atomic mass is 9.77. The van der Waals surface area contributed by atoms with E-state index < -0.39 is 0 Å². The van der Waals surface area contributed by atoms with Crippen LogP contribution in [0.2, 0.25) is 0 Å². The molecule has 0 spiro atoms. The van der Waals surface area contributed by atoms with E-state index in [0.29, 0.717) is 0 Å². The number of rotatable bonds is 4. The van der Waals surface area contributed by atoms with Crippen molar-refractivity contribution in [2.45, 2.75) is 51.9 Å². The van der Waals surface area contributed by atoms with Gasteiger partial charge in [-0.2, -0.15) is 0 Å². The predicted octanol–water partition coefficient (Wildman–Crippen LogP) is 5.16. The van der Waals surface area contributed by atoms with Crippen molar-refractivity contribution in [2.24, 2.45) is 17.8 Å². The van der Waals surface area contributed by atoms with Gasteiger partial charge in [-0.05, 0) is 49.1 Å². The van der Waals surface area contributed by atoms with Gasteiger partial charge in [0.05, 0.1) is 7.11 Å². The number of benzene rings is 1. The molecule has 2 fully saturated rings. The van der Waals surface area contributed by atoms with Crippen molar-refractivity contribution in [1.82, 2.24) is 4.90 Å². The van der Waals surface area contributed by atoms with E-state index in [1.165, 1.54) is 32.1 Å². The minimum absolute atomic E-state index is 0.0122. The molecule has 138 valence electrons. The Labute approximate surface area is 151 Å². The van der Waals surface area contributed by atoms with Crippen LogP contribution in [-0.4, -0.2) is 31.1 Å². The smallest absolute Gasteiger partial charge is 0.321 e. The van der Waals surface area contributed by atoms with Crippen molar-refractivity contribution in [3.63, 3.8) is 0 Å². The molecule has 1 heterocycles. The summed E-state index contributed by atoms with van der Waals surface area (Å²) in [6.45, 7) is 4.14. The largest absolute Gasteiger partial charge is 0.497 e. The standard InChI is InChI=1S/C21H32N2O2/c1-16-6-8-17(9-7-16)14-18-10-12-23(13-11-18)21(24)22-19-4-3-5-20(15-19)25-2/h3-5,15-18H,6-14H2,1-2H3,(H,22,24). The number of urea groups is 1. The summed E-state index contributed by atoms with van der Waals surface area (Å²) in [4.78, 5) is 14.4. The molecule has 0 radical (unpaired) electrons. The lowest BCUT2D eigenvalue weighted by Gasteiger charge is -2.35. The molecule has 1 aromatic rings. The Kier molecular flexibility index (Phi) is 6.22. The molecule has 1 saturated heterocycles. The lowest BCUT2D eigenvalue weighted by molar-refractivity contribution is 0.162. The van der Waals surface area contributed by atoms with Crippen LogP contribution in [0.25, 0.3) is 0 Å². The number of ether oxygens (including phenoxy) is 1. The molecule has 3 rings (SSSR count). The zero-order valence-corrected chi connectivity index (χ0v) is 15.7. The van der Waals surface area contributed by atoms with Gasteiger partial charge in [-0.25, -0.2) is 4.79 Å². The zero-order chi connectivity index (χ0) is 17.6. The number of likely N-dealkylation sites (tertiary alicyclic amines) is 1. The normalized spacial score (nSPS) is 24.8. The van der Waals surface area contributed by atoms with Gasteiger partial charge in [-0.3, -0.25) is 0 Å². The van der Waals surface area contributed by atoms with Crippen LogP contribution in [-0.2, 0) is 0 Å². The summed E-state index contributed by atoms with van der Waals surface area (Å²) in [6, 6.07) is 7.54. The van der Waals surface area contributed by atoms with Crippen LogP contribution in [0.5, 0.6) is 5.75 Å². The molecule has 2 amide bonds. The molecule has 4 nitrogen and oxygen atoms in total. The zero-order valence-electron chi connectivity index (χ0n) is 15.7. The maximum atomic E-state index is 12.5. The third-order valence-electron chi connectivity index (χ3n) is 6.02. The molecule has 2 aliphatic rings. The third kappa shape index (κ3) is 5.13. The van der Waals surface area contributed by atoms with E-state index in [0.717, 1.165) is 55.1 Å². The molecule has 25 heavy (non-hydrogen) atoms. The SMILES string of the molecule is COc1cccc(NC(=O)N2CCC(CC3CCC(C)CC3)CC2)c1. The summed E-state index contributed by atoms with van der Waals surface area (Å²) in [6.07, 6.45) is 9.32. The predicted molar refractivity (Wildman–Crippen MR) is 102 cm³/mol. The molecule has 4 heteroatoms. The molecule has 1 N–H and O–H groups in total. The first-order chi connectivity index (χ1) is 12.1. The number of hydrogen-bond donors (Lipinski definition) is 1. The summed E-state index contributed by atoms with van der Waals surface area (Å²) in [7, 11) is 1.64. The lowest BCUT2D eigenvalue weighted by Crippen LogP contribution is -2.41. The first kappa shape index (κ1) is 18.1. The molecule has 0 atom stereocenters. The molecule has 1 aliphatic carbocycles. The average molecular weight is 344 g/mol. The van der Waals surface area contributed by atoms with Crippen LogP contribution in [0.4, 0.5) is 10.5 Å². The van der Waals surface area contributed by atoms with Gasteiger partial charge in [-0.1, -0.05) is 38.7 Å². The second kappa shape index (κ2) is 8.59. The van der Waals surface area contributed by atoms with E-state index in [9.17, 15) is 4.79 Å². The van der Waals surface area contributed by atoms with Crippen molar-refractivity contribution in [2.75, 3.05) is 25.5 Å². The van der Waals surface area contributed by atoms with E-state index >= 15 is 0 Å². The van der Waals surface area contributed by atoms with E-state index in [1.54, 1.807) is 7.11 Å². The fourth-order valence-electron chi connectivity index (χ4n) is 4.31. The Morgan fingerprint density at radius 1 is 1.12 bits per heavy atom. The van der Waals surface area contributed by atoms with Gasteiger partial charge in [-0.15, -0.1) is 0 Å². The van der Waals surface area contributed by atoms with Crippen LogP contribution in [0.3, 0.4) is 0 Å².